The van der Waals surface area contributed by atoms with Crippen LogP contribution in [0.25, 0.3) is 0 Å². The lowest BCUT2D eigenvalue weighted by Gasteiger charge is -2.39. The first-order chi connectivity index (χ1) is 6.96. The normalized spacial score (nSPS) is 19.5. The fraction of sp³-hybridized carbons (Fsp3) is 0.909. The summed E-state index contributed by atoms with van der Waals surface area (Å²) in [6.45, 7) is 8.38. The second-order valence-corrected chi connectivity index (χ2v) is 5.18. The van der Waals surface area contributed by atoms with Crippen LogP contribution in [0.3, 0.4) is 0 Å². The van der Waals surface area contributed by atoms with Gasteiger partial charge in [0.15, 0.2) is 0 Å². The van der Waals surface area contributed by atoms with E-state index >= 15 is 0 Å². The van der Waals surface area contributed by atoms with Crippen LogP contribution in [0.4, 0.5) is 0 Å². The highest BCUT2D eigenvalue weighted by atomic mass is 16.5. The highest BCUT2D eigenvalue weighted by molar-refractivity contribution is 5.84. The Morgan fingerprint density at radius 2 is 2.13 bits per heavy atom. The minimum atomic E-state index is -0.455. The Kier molecular flexibility index (Phi) is 3.73. The summed E-state index contributed by atoms with van der Waals surface area (Å²) in [6, 6.07) is 0. The first-order valence-electron chi connectivity index (χ1n) is 5.52. The number of hydrogen-bond donors (Lipinski definition) is 2. The molecule has 88 valence electrons. The van der Waals surface area contributed by atoms with Crippen LogP contribution in [0.15, 0.2) is 0 Å². The molecule has 0 unspecified atom stereocenters. The van der Waals surface area contributed by atoms with Crippen molar-refractivity contribution in [2.75, 3.05) is 26.3 Å². The van der Waals surface area contributed by atoms with Gasteiger partial charge in [-0.15, -0.1) is 0 Å². The molecule has 1 saturated heterocycles. The maximum absolute atomic E-state index is 11.9. The van der Waals surface area contributed by atoms with Crippen LogP contribution in [-0.2, 0) is 9.53 Å². The lowest BCUT2D eigenvalue weighted by Crippen LogP contribution is -2.59. The average molecular weight is 214 g/mol. The molecular formula is C11H22N2O2. The lowest BCUT2D eigenvalue weighted by atomic mass is 9.84. The van der Waals surface area contributed by atoms with Crippen molar-refractivity contribution in [3.8, 4) is 0 Å². The van der Waals surface area contributed by atoms with Gasteiger partial charge < -0.3 is 15.8 Å². The van der Waals surface area contributed by atoms with Crippen molar-refractivity contribution in [3.05, 3.63) is 0 Å². The average Bonchev–Trinajstić information content (AvgIpc) is 2.14. The molecule has 0 radical (unpaired) electrons. The largest absolute Gasteiger partial charge is 0.379 e. The van der Waals surface area contributed by atoms with Gasteiger partial charge in [-0.1, -0.05) is 20.8 Å². The summed E-state index contributed by atoms with van der Waals surface area (Å²) in [6.07, 6.45) is 1.04. The van der Waals surface area contributed by atoms with E-state index in [1.54, 1.807) is 0 Å². The summed E-state index contributed by atoms with van der Waals surface area (Å²) >= 11 is 0. The van der Waals surface area contributed by atoms with Gasteiger partial charge in [0.1, 0.15) is 5.41 Å². The number of ether oxygens (including phenoxy) is 1. The number of hydrogen-bond acceptors (Lipinski definition) is 3. The van der Waals surface area contributed by atoms with E-state index in [0.29, 0.717) is 26.3 Å². The minimum absolute atomic E-state index is 0.0396. The molecule has 1 amide bonds. The molecule has 1 aliphatic heterocycles. The maximum Gasteiger partial charge on any atom is 0.232 e. The molecule has 1 fully saturated rings. The van der Waals surface area contributed by atoms with Gasteiger partial charge in [-0.2, -0.15) is 0 Å². The molecular weight excluding hydrogens is 192 g/mol. The monoisotopic (exact) mass is 214 g/mol. The number of amides is 1. The Balaban J connectivity index is 2.42. The van der Waals surface area contributed by atoms with Gasteiger partial charge in [-0.3, -0.25) is 4.79 Å². The van der Waals surface area contributed by atoms with Gasteiger partial charge in [0.25, 0.3) is 0 Å². The zero-order valence-corrected chi connectivity index (χ0v) is 9.93. The third-order valence-electron chi connectivity index (χ3n) is 3.31. The van der Waals surface area contributed by atoms with Gasteiger partial charge in [0.05, 0.1) is 13.2 Å². The molecule has 3 N–H and O–H groups in total. The van der Waals surface area contributed by atoms with Crippen molar-refractivity contribution in [1.29, 1.82) is 0 Å². The molecule has 0 aromatic rings. The third-order valence-corrected chi connectivity index (χ3v) is 3.31. The quantitative estimate of drug-likeness (QED) is 0.701. The van der Waals surface area contributed by atoms with Gasteiger partial charge in [0, 0.05) is 13.1 Å². The number of carbonyl (C=O) groups excluding carboxylic acids is 1. The summed E-state index contributed by atoms with van der Waals surface area (Å²) < 4.78 is 5.07. The second kappa shape index (κ2) is 4.49. The molecule has 0 aromatic heterocycles. The molecule has 0 aromatic carbocycles. The van der Waals surface area contributed by atoms with Crippen LogP contribution in [0.1, 0.15) is 27.2 Å². The van der Waals surface area contributed by atoms with Crippen molar-refractivity contribution in [1.82, 2.24) is 5.32 Å². The van der Waals surface area contributed by atoms with E-state index in [-0.39, 0.29) is 11.3 Å². The topological polar surface area (TPSA) is 64.4 Å². The number of carbonyl (C=O) groups is 1. The van der Waals surface area contributed by atoms with Crippen molar-refractivity contribution in [2.24, 2.45) is 16.6 Å². The molecule has 15 heavy (non-hydrogen) atoms. The van der Waals surface area contributed by atoms with Gasteiger partial charge in [-0.25, -0.2) is 0 Å². The van der Waals surface area contributed by atoms with Crippen LogP contribution in [0.2, 0.25) is 0 Å². The zero-order chi connectivity index (χ0) is 11.5. The van der Waals surface area contributed by atoms with Gasteiger partial charge >= 0.3 is 0 Å². The Bertz CT molecular complexity index is 229. The summed E-state index contributed by atoms with van der Waals surface area (Å²) in [5.74, 6) is 0.0396. The zero-order valence-electron chi connectivity index (χ0n) is 9.93. The number of nitrogens with two attached hydrogens (primary N) is 1. The van der Waals surface area contributed by atoms with Crippen LogP contribution in [-0.4, -0.2) is 32.2 Å². The van der Waals surface area contributed by atoms with Gasteiger partial charge in [0.2, 0.25) is 5.91 Å². The van der Waals surface area contributed by atoms with E-state index in [4.69, 9.17) is 10.5 Å². The van der Waals surface area contributed by atoms with Crippen LogP contribution in [0, 0.1) is 10.8 Å². The fourth-order valence-corrected chi connectivity index (χ4v) is 1.32. The molecule has 0 spiro atoms. The second-order valence-electron chi connectivity index (χ2n) is 5.18. The molecule has 0 aliphatic carbocycles. The Morgan fingerprint density at radius 3 is 2.47 bits per heavy atom. The number of nitrogens with one attached hydrogen (secondary N) is 1. The van der Waals surface area contributed by atoms with E-state index < -0.39 is 5.41 Å². The van der Waals surface area contributed by atoms with E-state index in [2.05, 4.69) is 26.1 Å². The summed E-state index contributed by atoms with van der Waals surface area (Å²) in [5.41, 5.74) is 5.30. The third kappa shape index (κ3) is 2.69. The standard InChI is InChI=1S/C11H22N2O2/c1-4-10(2,3)6-13-9(14)11(5-12)7-15-8-11/h4-8,12H2,1-3H3,(H,13,14). The lowest BCUT2D eigenvalue weighted by molar-refractivity contribution is -0.159. The van der Waals surface area contributed by atoms with E-state index in [1.165, 1.54) is 0 Å². The van der Waals surface area contributed by atoms with Crippen molar-refractivity contribution < 1.29 is 9.53 Å². The van der Waals surface area contributed by atoms with Crippen LogP contribution < -0.4 is 11.1 Å². The highest BCUT2D eigenvalue weighted by Crippen LogP contribution is 2.27. The molecule has 0 saturated carbocycles. The van der Waals surface area contributed by atoms with E-state index in [0.717, 1.165) is 6.42 Å². The smallest absolute Gasteiger partial charge is 0.232 e. The van der Waals surface area contributed by atoms with Crippen LogP contribution in [0.5, 0.6) is 0 Å². The molecule has 1 aliphatic rings. The maximum atomic E-state index is 11.9. The van der Waals surface area contributed by atoms with Gasteiger partial charge in [-0.05, 0) is 11.8 Å². The van der Waals surface area contributed by atoms with E-state index in [1.807, 2.05) is 0 Å². The van der Waals surface area contributed by atoms with Crippen LogP contribution >= 0.6 is 0 Å². The highest BCUT2D eigenvalue weighted by Gasteiger charge is 2.44. The van der Waals surface area contributed by atoms with Crippen molar-refractivity contribution >= 4 is 5.91 Å². The fourth-order valence-electron chi connectivity index (χ4n) is 1.32. The van der Waals surface area contributed by atoms with Crippen molar-refractivity contribution in [2.45, 2.75) is 27.2 Å². The molecule has 1 heterocycles. The predicted octanol–water partition coefficient (Wildman–Crippen LogP) is 0.514. The minimum Gasteiger partial charge on any atom is -0.379 e. The van der Waals surface area contributed by atoms with Crippen molar-refractivity contribution in [3.63, 3.8) is 0 Å². The van der Waals surface area contributed by atoms with E-state index in [9.17, 15) is 4.79 Å². The number of rotatable bonds is 5. The Morgan fingerprint density at radius 1 is 1.53 bits per heavy atom. The molecule has 4 nitrogen and oxygen atoms in total. The Labute approximate surface area is 91.5 Å². The molecule has 0 bridgehead atoms. The molecule has 0 atom stereocenters. The summed E-state index contributed by atoms with van der Waals surface area (Å²) in [5, 5.41) is 2.97. The first kappa shape index (κ1) is 12.5. The SMILES string of the molecule is CCC(C)(C)CNC(=O)C1(CN)COC1. The predicted molar refractivity (Wildman–Crippen MR) is 59.4 cm³/mol. The Hall–Kier alpha value is -0.610. The summed E-state index contributed by atoms with van der Waals surface area (Å²) in [4.78, 5) is 11.9. The molecule has 4 heteroatoms. The summed E-state index contributed by atoms with van der Waals surface area (Å²) in [7, 11) is 0. The first-order valence-corrected chi connectivity index (χ1v) is 5.52. The molecule has 1 rings (SSSR count).